The molecule has 2 aromatic rings. The van der Waals surface area contributed by atoms with E-state index in [0.717, 1.165) is 12.5 Å². The first-order chi connectivity index (χ1) is 13.5. The molecule has 0 bridgehead atoms. The number of anilines is 2. The van der Waals surface area contributed by atoms with Gasteiger partial charge in [-0.15, -0.1) is 0 Å². The summed E-state index contributed by atoms with van der Waals surface area (Å²) in [6.07, 6.45) is 1.14. The van der Waals surface area contributed by atoms with E-state index < -0.39 is 16.9 Å². The summed E-state index contributed by atoms with van der Waals surface area (Å²) in [5, 5.41) is 16.5. The predicted octanol–water partition coefficient (Wildman–Crippen LogP) is 2.97. The maximum Gasteiger partial charge on any atom is 0.311 e. The summed E-state index contributed by atoms with van der Waals surface area (Å²) < 4.78 is 10.3. The maximum atomic E-state index is 12.4. The van der Waals surface area contributed by atoms with Gasteiger partial charge in [0.05, 0.1) is 12.0 Å². The molecule has 9 nitrogen and oxygen atoms in total. The number of nitro groups is 1. The van der Waals surface area contributed by atoms with Crippen LogP contribution in [0.4, 0.5) is 17.1 Å². The predicted molar refractivity (Wildman–Crippen MR) is 102 cm³/mol. The van der Waals surface area contributed by atoms with Gasteiger partial charge in [-0.05, 0) is 49.2 Å². The van der Waals surface area contributed by atoms with E-state index in [-0.39, 0.29) is 22.9 Å². The van der Waals surface area contributed by atoms with Crippen LogP contribution in [0.1, 0.15) is 23.2 Å². The second kappa shape index (κ2) is 8.49. The van der Waals surface area contributed by atoms with Crippen LogP contribution < -0.4 is 15.4 Å². The van der Waals surface area contributed by atoms with E-state index in [9.17, 15) is 19.7 Å². The monoisotopic (exact) mass is 385 g/mol. The molecule has 2 aromatic carbocycles. The highest BCUT2D eigenvalue weighted by Gasteiger charge is 2.23. The Bertz CT molecular complexity index is 891. The van der Waals surface area contributed by atoms with E-state index in [2.05, 4.69) is 10.6 Å². The minimum Gasteiger partial charge on any atom is -0.490 e. The highest BCUT2D eigenvalue weighted by atomic mass is 16.6. The van der Waals surface area contributed by atoms with Gasteiger partial charge in [0.1, 0.15) is 6.10 Å². The van der Waals surface area contributed by atoms with Crippen LogP contribution in [0, 0.1) is 10.1 Å². The van der Waals surface area contributed by atoms with E-state index in [0.29, 0.717) is 24.4 Å². The summed E-state index contributed by atoms with van der Waals surface area (Å²) in [5.74, 6) is -0.616. The van der Waals surface area contributed by atoms with Gasteiger partial charge in [-0.1, -0.05) is 0 Å². The van der Waals surface area contributed by atoms with E-state index in [1.807, 2.05) is 0 Å². The van der Waals surface area contributed by atoms with E-state index in [4.69, 9.17) is 9.47 Å². The highest BCUT2D eigenvalue weighted by Crippen LogP contribution is 2.28. The Labute approximate surface area is 160 Å². The molecule has 2 N–H and O–H groups in total. The van der Waals surface area contributed by atoms with Crippen molar-refractivity contribution in [3.8, 4) is 5.75 Å². The first-order valence-corrected chi connectivity index (χ1v) is 8.64. The number of methoxy groups -OCH3 is 1. The topological polar surface area (TPSA) is 120 Å². The molecule has 0 aromatic heterocycles. The largest absolute Gasteiger partial charge is 0.490 e. The number of nitrogens with one attached hydrogen (secondary N) is 2. The first kappa shape index (κ1) is 19.3. The Morgan fingerprint density at radius 1 is 1.14 bits per heavy atom. The second-order valence-electron chi connectivity index (χ2n) is 6.17. The first-order valence-electron chi connectivity index (χ1n) is 8.64. The van der Waals surface area contributed by atoms with Crippen LogP contribution in [0.5, 0.6) is 5.75 Å². The molecule has 0 saturated carbocycles. The minimum atomic E-state index is -0.610. The van der Waals surface area contributed by atoms with Crippen molar-refractivity contribution in [3.63, 3.8) is 0 Å². The zero-order chi connectivity index (χ0) is 20.1. The van der Waals surface area contributed by atoms with E-state index in [1.54, 1.807) is 24.3 Å². The fourth-order valence-electron chi connectivity index (χ4n) is 2.82. The third-order valence-electron chi connectivity index (χ3n) is 4.27. The second-order valence-corrected chi connectivity index (χ2v) is 6.17. The van der Waals surface area contributed by atoms with Crippen molar-refractivity contribution in [2.24, 2.45) is 0 Å². The van der Waals surface area contributed by atoms with Gasteiger partial charge < -0.3 is 20.1 Å². The average Bonchev–Trinajstić information content (AvgIpc) is 3.24. The summed E-state index contributed by atoms with van der Waals surface area (Å²) in [6.45, 7) is 0.590. The van der Waals surface area contributed by atoms with E-state index in [1.165, 1.54) is 19.2 Å². The van der Waals surface area contributed by atoms with Crippen LogP contribution in [-0.4, -0.2) is 36.6 Å². The summed E-state index contributed by atoms with van der Waals surface area (Å²) >= 11 is 0. The lowest BCUT2D eigenvalue weighted by Crippen LogP contribution is -2.26. The Morgan fingerprint density at radius 3 is 2.39 bits per heavy atom. The van der Waals surface area contributed by atoms with Crippen molar-refractivity contribution in [2.75, 3.05) is 24.4 Å². The lowest BCUT2D eigenvalue weighted by molar-refractivity contribution is -0.385. The molecule has 1 heterocycles. The van der Waals surface area contributed by atoms with Gasteiger partial charge in [0.25, 0.3) is 11.8 Å². The number of amides is 2. The summed E-state index contributed by atoms with van der Waals surface area (Å²) in [7, 11) is 1.32. The van der Waals surface area contributed by atoms with Gasteiger partial charge in [0.2, 0.25) is 0 Å². The third-order valence-corrected chi connectivity index (χ3v) is 4.27. The molecule has 1 aliphatic rings. The molecule has 1 fully saturated rings. The van der Waals surface area contributed by atoms with Crippen LogP contribution in [0.2, 0.25) is 0 Å². The number of carbonyl (C=O) groups is 2. The van der Waals surface area contributed by atoms with E-state index >= 15 is 0 Å². The standard InChI is InChI=1S/C19H19N3O6/c1-27-16-9-4-12(11-15(16)22(25)26)18(23)20-13-5-7-14(8-6-13)21-19(24)17-3-2-10-28-17/h4-9,11,17H,2-3,10H2,1H3,(H,20,23)(H,21,24). The normalized spacial score (nSPS) is 15.7. The number of benzene rings is 2. The quantitative estimate of drug-likeness (QED) is 0.583. The Kier molecular flexibility index (Phi) is 5.85. The smallest absolute Gasteiger partial charge is 0.311 e. The fraction of sp³-hybridized carbons (Fsp3) is 0.263. The van der Waals surface area contributed by atoms with Crippen molar-refractivity contribution >= 4 is 28.9 Å². The molecule has 0 radical (unpaired) electrons. The molecule has 0 aliphatic carbocycles. The Hall–Kier alpha value is -3.46. The zero-order valence-corrected chi connectivity index (χ0v) is 15.1. The van der Waals surface area contributed by atoms with Gasteiger partial charge in [-0.2, -0.15) is 0 Å². The van der Waals surface area contributed by atoms with Crippen LogP contribution in [-0.2, 0) is 9.53 Å². The number of hydrogen-bond acceptors (Lipinski definition) is 6. The molecule has 146 valence electrons. The van der Waals surface area contributed by atoms with Crippen LogP contribution in [0.3, 0.4) is 0 Å². The summed E-state index contributed by atoms with van der Waals surface area (Å²) in [4.78, 5) is 34.9. The van der Waals surface area contributed by atoms with Crippen LogP contribution >= 0.6 is 0 Å². The molecule has 9 heteroatoms. The number of hydrogen-bond donors (Lipinski definition) is 2. The molecule has 28 heavy (non-hydrogen) atoms. The van der Waals surface area contributed by atoms with Crippen molar-refractivity contribution in [1.82, 2.24) is 0 Å². The number of nitrogens with zero attached hydrogens (tertiary/aromatic N) is 1. The lowest BCUT2D eigenvalue weighted by Gasteiger charge is -2.11. The zero-order valence-electron chi connectivity index (χ0n) is 15.1. The third kappa shape index (κ3) is 4.44. The molecule has 1 unspecified atom stereocenters. The minimum absolute atomic E-state index is 0.0767. The van der Waals surface area contributed by atoms with Crippen LogP contribution in [0.25, 0.3) is 0 Å². The Balaban J connectivity index is 1.65. The van der Waals surface area contributed by atoms with Crippen LogP contribution in [0.15, 0.2) is 42.5 Å². The van der Waals surface area contributed by atoms with Crippen molar-refractivity contribution in [1.29, 1.82) is 0 Å². The van der Waals surface area contributed by atoms with Gasteiger partial charge in [0, 0.05) is 29.6 Å². The highest BCUT2D eigenvalue weighted by molar-refractivity contribution is 6.05. The molecule has 2 amide bonds. The number of rotatable bonds is 6. The number of ether oxygens (including phenoxy) is 2. The molecule has 3 rings (SSSR count). The van der Waals surface area contributed by atoms with Gasteiger partial charge in [0.15, 0.2) is 5.75 Å². The molecule has 1 atom stereocenters. The van der Waals surface area contributed by atoms with Gasteiger partial charge in [-0.25, -0.2) is 0 Å². The average molecular weight is 385 g/mol. The molecular formula is C19H19N3O6. The van der Waals surface area contributed by atoms with Gasteiger partial charge in [-0.3, -0.25) is 19.7 Å². The number of nitro benzene ring substituents is 1. The molecule has 1 saturated heterocycles. The lowest BCUT2D eigenvalue weighted by atomic mass is 10.1. The molecule has 1 aliphatic heterocycles. The maximum absolute atomic E-state index is 12.4. The van der Waals surface area contributed by atoms with Gasteiger partial charge >= 0.3 is 5.69 Å². The van der Waals surface area contributed by atoms with Crippen molar-refractivity contribution < 1.29 is 24.0 Å². The SMILES string of the molecule is COc1ccc(C(=O)Nc2ccc(NC(=O)C3CCCO3)cc2)cc1[N+](=O)[O-]. The summed E-state index contributed by atoms with van der Waals surface area (Å²) in [6, 6.07) is 10.5. The molecular weight excluding hydrogens is 366 g/mol. The Morgan fingerprint density at radius 2 is 1.82 bits per heavy atom. The number of carbonyl (C=O) groups excluding carboxylic acids is 2. The summed E-state index contributed by atoms with van der Waals surface area (Å²) in [5.41, 5.74) is 0.905. The molecule has 0 spiro atoms. The van der Waals surface area contributed by atoms with Crippen molar-refractivity contribution in [3.05, 3.63) is 58.1 Å². The fourth-order valence-corrected chi connectivity index (χ4v) is 2.82. The van der Waals surface area contributed by atoms with Crippen molar-refractivity contribution in [2.45, 2.75) is 18.9 Å².